The van der Waals surface area contributed by atoms with Crippen molar-refractivity contribution in [3.8, 4) is 0 Å². The minimum absolute atomic E-state index is 0.0968. The lowest BCUT2D eigenvalue weighted by molar-refractivity contribution is -0.120. The summed E-state index contributed by atoms with van der Waals surface area (Å²) in [5, 5.41) is 10.3. The molecule has 3 aromatic carbocycles. The molecule has 1 fully saturated rings. The van der Waals surface area contributed by atoms with E-state index in [0.717, 1.165) is 33.3 Å². The zero-order valence-electron chi connectivity index (χ0n) is 18.4. The number of aromatic nitrogens is 1. The lowest BCUT2D eigenvalue weighted by Gasteiger charge is -2.36. The van der Waals surface area contributed by atoms with Gasteiger partial charge in [0, 0.05) is 23.0 Å². The first-order valence-electron chi connectivity index (χ1n) is 11.1. The number of carboxylic acid groups (broad SMARTS) is 1. The number of fused-ring (bicyclic) bond motifs is 4. The van der Waals surface area contributed by atoms with Crippen LogP contribution in [-0.4, -0.2) is 38.9 Å². The van der Waals surface area contributed by atoms with Gasteiger partial charge in [-0.25, -0.2) is 14.5 Å². The molecule has 2 N–H and O–H groups in total. The van der Waals surface area contributed by atoms with Crippen molar-refractivity contribution in [2.75, 3.05) is 4.90 Å². The molecule has 34 heavy (non-hydrogen) atoms. The van der Waals surface area contributed by atoms with E-state index in [4.69, 9.17) is 0 Å². The highest BCUT2D eigenvalue weighted by atomic mass is 16.4. The Bertz CT molecular complexity index is 1470. The maximum absolute atomic E-state index is 13.7. The highest BCUT2D eigenvalue weighted by molar-refractivity contribution is 6.22. The summed E-state index contributed by atoms with van der Waals surface area (Å²) in [5.41, 5.74) is 5.44. The fourth-order valence-corrected chi connectivity index (χ4v) is 5.16. The summed E-state index contributed by atoms with van der Waals surface area (Å²) in [6.07, 6.45) is 0.413. The van der Waals surface area contributed by atoms with E-state index in [1.54, 1.807) is 4.90 Å². The van der Waals surface area contributed by atoms with Crippen molar-refractivity contribution in [3.05, 3.63) is 101 Å². The molecule has 0 radical (unpaired) electrons. The predicted molar refractivity (Wildman–Crippen MR) is 127 cm³/mol. The largest absolute Gasteiger partial charge is 0.478 e. The monoisotopic (exact) mass is 451 g/mol. The van der Waals surface area contributed by atoms with Crippen molar-refractivity contribution in [1.29, 1.82) is 0 Å². The zero-order valence-corrected chi connectivity index (χ0v) is 18.4. The van der Waals surface area contributed by atoms with Gasteiger partial charge in [0.2, 0.25) is 0 Å². The zero-order chi connectivity index (χ0) is 23.6. The number of aromatic carboxylic acids is 1. The number of aryl methyl sites for hydroxylation is 1. The number of imide groups is 1. The Morgan fingerprint density at radius 1 is 0.971 bits per heavy atom. The van der Waals surface area contributed by atoms with Crippen LogP contribution in [-0.2, 0) is 11.2 Å². The maximum atomic E-state index is 13.7. The molecule has 6 rings (SSSR count). The van der Waals surface area contributed by atoms with Gasteiger partial charge in [-0.2, -0.15) is 0 Å². The van der Waals surface area contributed by atoms with Gasteiger partial charge in [-0.15, -0.1) is 0 Å². The molecule has 2 unspecified atom stereocenters. The van der Waals surface area contributed by atoms with Gasteiger partial charge in [-0.3, -0.25) is 9.69 Å². The molecule has 7 nitrogen and oxygen atoms in total. The van der Waals surface area contributed by atoms with Gasteiger partial charge in [-0.05, 0) is 48.4 Å². The molecule has 2 aliphatic heterocycles. The quantitative estimate of drug-likeness (QED) is 0.443. The smallest absolute Gasteiger partial charge is 0.335 e. The Labute approximate surface area is 195 Å². The molecule has 1 aromatic heterocycles. The molecule has 7 heteroatoms. The molecule has 3 amide bonds. The van der Waals surface area contributed by atoms with Crippen LogP contribution >= 0.6 is 0 Å². The molecule has 0 bridgehead atoms. The molecular weight excluding hydrogens is 430 g/mol. The number of urea groups is 1. The molecule has 2 aliphatic rings. The Hall–Kier alpha value is -4.39. The number of aromatic amines is 1. The fourth-order valence-electron chi connectivity index (χ4n) is 5.16. The van der Waals surface area contributed by atoms with Gasteiger partial charge in [0.1, 0.15) is 12.1 Å². The number of amides is 3. The van der Waals surface area contributed by atoms with Crippen molar-refractivity contribution in [3.63, 3.8) is 0 Å². The highest BCUT2D eigenvalue weighted by Gasteiger charge is 2.53. The van der Waals surface area contributed by atoms with Crippen molar-refractivity contribution < 1.29 is 19.5 Å². The Kier molecular flexibility index (Phi) is 4.35. The SMILES string of the molecule is Cc1ccc(C2c3[nH]c4ccccc4c3CC3C(=O)N(c4ccc(C(=O)O)cc4)C(=O)N32)cc1. The second-order valence-electron chi connectivity index (χ2n) is 8.81. The minimum Gasteiger partial charge on any atom is -0.478 e. The van der Waals surface area contributed by atoms with Crippen molar-refractivity contribution in [1.82, 2.24) is 9.88 Å². The van der Waals surface area contributed by atoms with Crippen LogP contribution in [0.5, 0.6) is 0 Å². The first-order chi connectivity index (χ1) is 16.4. The van der Waals surface area contributed by atoms with Crippen LogP contribution in [0.3, 0.4) is 0 Å². The molecule has 168 valence electrons. The molecule has 1 saturated heterocycles. The van der Waals surface area contributed by atoms with Crippen LogP contribution in [0.1, 0.15) is 38.8 Å². The minimum atomic E-state index is -1.06. The van der Waals surface area contributed by atoms with E-state index in [2.05, 4.69) is 4.98 Å². The van der Waals surface area contributed by atoms with Gasteiger partial charge in [0.25, 0.3) is 5.91 Å². The van der Waals surface area contributed by atoms with E-state index in [1.807, 2.05) is 55.5 Å². The summed E-state index contributed by atoms with van der Waals surface area (Å²) in [6, 6.07) is 20.3. The third kappa shape index (κ3) is 2.86. The molecule has 0 saturated carbocycles. The second kappa shape index (κ2) is 7.31. The summed E-state index contributed by atoms with van der Waals surface area (Å²) < 4.78 is 0. The van der Waals surface area contributed by atoms with E-state index in [9.17, 15) is 19.5 Å². The number of nitrogens with one attached hydrogen (secondary N) is 1. The van der Waals surface area contributed by atoms with E-state index >= 15 is 0 Å². The first-order valence-corrected chi connectivity index (χ1v) is 11.1. The average molecular weight is 451 g/mol. The van der Waals surface area contributed by atoms with Gasteiger partial charge in [-0.1, -0.05) is 48.0 Å². The van der Waals surface area contributed by atoms with Crippen LogP contribution in [0.25, 0.3) is 10.9 Å². The summed E-state index contributed by atoms with van der Waals surface area (Å²) >= 11 is 0. The summed E-state index contributed by atoms with van der Waals surface area (Å²) in [7, 11) is 0. The topological polar surface area (TPSA) is 93.7 Å². The van der Waals surface area contributed by atoms with Gasteiger partial charge in [0.15, 0.2) is 0 Å². The number of hydrogen-bond donors (Lipinski definition) is 2. The Morgan fingerprint density at radius 3 is 2.38 bits per heavy atom. The molecule has 4 aromatic rings. The summed E-state index contributed by atoms with van der Waals surface area (Å²) in [4.78, 5) is 44.9. The molecule has 2 atom stereocenters. The molecular formula is C27H21N3O4. The van der Waals surface area contributed by atoms with Crippen LogP contribution in [0.15, 0.2) is 72.8 Å². The van der Waals surface area contributed by atoms with Crippen LogP contribution in [0.2, 0.25) is 0 Å². The standard InChI is InChI=1S/C27H21N3O4/c1-15-6-8-16(9-7-15)24-23-20(19-4-2-3-5-21(19)28-23)14-22-25(31)29(27(34)30(22)24)18-12-10-17(11-13-18)26(32)33/h2-13,22,24,28H,14H2,1H3,(H,32,33). The average Bonchev–Trinajstić information content (AvgIpc) is 3.33. The van der Waals surface area contributed by atoms with Crippen LogP contribution in [0.4, 0.5) is 10.5 Å². The van der Waals surface area contributed by atoms with Crippen LogP contribution in [0, 0.1) is 6.92 Å². The highest BCUT2D eigenvalue weighted by Crippen LogP contribution is 2.44. The van der Waals surface area contributed by atoms with Crippen molar-refractivity contribution >= 4 is 34.5 Å². The van der Waals surface area contributed by atoms with E-state index in [0.29, 0.717) is 12.1 Å². The van der Waals surface area contributed by atoms with Crippen LogP contribution < -0.4 is 4.90 Å². The number of hydrogen-bond acceptors (Lipinski definition) is 3. The molecule has 0 aliphatic carbocycles. The number of benzene rings is 3. The lowest BCUT2D eigenvalue weighted by atomic mass is 9.88. The number of carbonyl (C=O) groups excluding carboxylic acids is 2. The van der Waals surface area contributed by atoms with Gasteiger partial charge >= 0.3 is 12.0 Å². The third-order valence-electron chi connectivity index (χ3n) is 6.81. The van der Waals surface area contributed by atoms with Crippen molar-refractivity contribution in [2.24, 2.45) is 0 Å². The van der Waals surface area contributed by atoms with E-state index in [-0.39, 0.29) is 11.5 Å². The van der Waals surface area contributed by atoms with E-state index in [1.165, 1.54) is 29.2 Å². The Morgan fingerprint density at radius 2 is 1.68 bits per heavy atom. The van der Waals surface area contributed by atoms with E-state index < -0.39 is 24.1 Å². The third-order valence-corrected chi connectivity index (χ3v) is 6.81. The number of H-pyrrole nitrogens is 1. The molecule has 0 spiro atoms. The number of carboxylic acids is 1. The fraction of sp³-hybridized carbons (Fsp3) is 0.148. The summed E-state index contributed by atoms with van der Waals surface area (Å²) in [5.74, 6) is -1.37. The van der Waals surface area contributed by atoms with Gasteiger partial charge < -0.3 is 10.1 Å². The summed E-state index contributed by atoms with van der Waals surface area (Å²) in [6.45, 7) is 2.01. The maximum Gasteiger partial charge on any atom is 0.335 e. The Balaban J connectivity index is 1.50. The number of rotatable bonds is 3. The predicted octanol–water partition coefficient (Wildman–Crippen LogP) is 4.66. The number of nitrogens with zero attached hydrogens (tertiary/aromatic N) is 2. The number of para-hydroxylation sites is 1. The van der Waals surface area contributed by atoms with Crippen molar-refractivity contribution in [2.45, 2.75) is 25.4 Å². The van der Waals surface area contributed by atoms with Gasteiger partial charge in [0.05, 0.1) is 11.3 Å². The second-order valence-corrected chi connectivity index (χ2v) is 8.81. The lowest BCUT2D eigenvalue weighted by Crippen LogP contribution is -2.44. The number of anilines is 1. The number of carbonyl (C=O) groups is 3. The normalized spacial score (nSPS) is 19.4. The molecule has 3 heterocycles. The first kappa shape index (κ1) is 20.2.